The third-order valence-corrected chi connectivity index (χ3v) is 13.6. The maximum absolute atomic E-state index is 6.67. The highest BCUT2D eigenvalue weighted by Gasteiger charge is 2.23. The number of hydrogen-bond acceptors (Lipinski definition) is 4. The zero-order valence-corrected chi connectivity index (χ0v) is 39.0. The van der Waals surface area contributed by atoms with Crippen molar-refractivity contribution in [2.75, 3.05) is 0 Å². The van der Waals surface area contributed by atoms with Crippen LogP contribution in [0.2, 0.25) is 0 Å². The number of benzene rings is 9. The Labute approximate surface area is 396 Å². The van der Waals surface area contributed by atoms with Gasteiger partial charge in [0.05, 0.1) is 16.7 Å². The van der Waals surface area contributed by atoms with Crippen LogP contribution in [0.1, 0.15) is 33.4 Å². The molecule has 0 radical (unpaired) electrons. The van der Waals surface area contributed by atoms with Gasteiger partial charge in [0, 0.05) is 43.8 Å². The van der Waals surface area contributed by atoms with Crippen LogP contribution in [0.3, 0.4) is 0 Å². The summed E-state index contributed by atoms with van der Waals surface area (Å²) in [6, 6.07) is 65.0. The van der Waals surface area contributed by atoms with Crippen LogP contribution in [-0.4, -0.2) is 19.5 Å². The van der Waals surface area contributed by atoms with Crippen LogP contribution in [0.25, 0.3) is 117 Å². The Balaban J connectivity index is 1.20. The molecule has 12 rings (SSSR count). The minimum atomic E-state index is 0.573. The first-order chi connectivity index (χ1) is 33.2. The molecule has 0 saturated carbocycles. The van der Waals surface area contributed by atoms with E-state index in [-0.39, 0.29) is 0 Å². The minimum absolute atomic E-state index is 0.573. The van der Waals surface area contributed by atoms with Crippen molar-refractivity contribution < 1.29 is 4.42 Å². The van der Waals surface area contributed by atoms with Gasteiger partial charge in [-0.1, -0.05) is 163 Å². The number of aromatic nitrogens is 4. The van der Waals surface area contributed by atoms with Crippen molar-refractivity contribution >= 4 is 43.7 Å². The zero-order chi connectivity index (χ0) is 46.2. The van der Waals surface area contributed by atoms with E-state index in [2.05, 4.69) is 180 Å². The van der Waals surface area contributed by atoms with E-state index >= 15 is 0 Å². The summed E-state index contributed by atoms with van der Waals surface area (Å²) in [5.41, 5.74) is 22.0. The maximum atomic E-state index is 6.67. The molecule has 0 atom stereocenters. The summed E-state index contributed by atoms with van der Waals surface area (Å²) in [6.45, 7) is 13.2. The van der Waals surface area contributed by atoms with E-state index in [0.29, 0.717) is 17.5 Å². The summed E-state index contributed by atoms with van der Waals surface area (Å²) in [5.74, 6) is 1.78. The van der Waals surface area contributed by atoms with Crippen LogP contribution < -0.4 is 0 Å². The normalized spacial score (nSPS) is 11.7. The first-order valence-electron chi connectivity index (χ1n) is 23.3. The lowest BCUT2D eigenvalue weighted by atomic mass is 9.92. The molecule has 0 amide bonds. The SMILES string of the molecule is Cc1cc(C)c(-c2ccc3c4ccc(-c5c(C)cc(C)cc5C)cc4n(-c4ccc(-c5cccc6c5oc5ccccc56)cc4-c4nc(-c5ccccc5)nc(-c5ccccc5)n4)c3c2)c(C)c1. The molecule has 0 aliphatic heterocycles. The van der Waals surface area contributed by atoms with E-state index in [4.69, 9.17) is 19.4 Å². The van der Waals surface area contributed by atoms with Crippen molar-refractivity contribution in [3.63, 3.8) is 0 Å². The fourth-order valence-corrected chi connectivity index (χ4v) is 10.8. The Morgan fingerprint density at radius 2 is 0.838 bits per heavy atom. The Bertz CT molecular complexity index is 3750. The van der Waals surface area contributed by atoms with E-state index in [9.17, 15) is 0 Å². The molecule has 0 spiro atoms. The van der Waals surface area contributed by atoms with E-state index in [1.54, 1.807) is 0 Å². The van der Waals surface area contributed by atoms with Gasteiger partial charge in [0.2, 0.25) is 0 Å². The van der Waals surface area contributed by atoms with Gasteiger partial charge in [-0.15, -0.1) is 0 Å². The molecule has 3 aromatic heterocycles. The average Bonchev–Trinajstić information content (AvgIpc) is 3.89. The fraction of sp³-hybridized carbons (Fsp3) is 0.0952. The van der Waals surface area contributed by atoms with Gasteiger partial charge in [-0.25, -0.2) is 15.0 Å². The van der Waals surface area contributed by atoms with Gasteiger partial charge in [-0.05, 0) is 122 Å². The van der Waals surface area contributed by atoms with Crippen LogP contribution in [0.4, 0.5) is 0 Å². The fourth-order valence-electron chi connectivity index (χ4n) is 10.8. The predicted octanol–water partition coefficient (Wildman–Crippen LogP) is 16.7. The van der Waals surface area contributed by atoms with Gasteiger partial charge >= 0.3 is 0 Å². The van der Waals surface area contributed by atoms with Crippen molar-refractivity contribution in [2.24, 2.45) is 0 Å². The Hall–Kier alpha value is -8.41. The lowest BCUT2D eigenvalue weighted by molar-refractivity contribution is 0.670. The summed E-state index contributed by atoms with van der Waals surface area (Å²) < 4.78 is 9.12. The molecule has 0 unspecified atom stereocenters. The summed E-state index contributed by atoms with van der Waals surface area (Å²) in [6.07, 6.45) is 0. The molecule has 0 N–H and O–H groups in total. The molecule has 326 valence electrons. The minimum Gasteiger partial charge on any atom is -0.455 e. The second-order valence-electron chi connectivity index (χ2n) is 18.4. The van der Waals surface area contributed by atoms with Gasteiger partial charge < -0.3 is 8.98 Å². The van der Waals surface area contributed by atoms with Gasteiger partial charge in [0.15, 0.2) is 17.5 Å². The first kappa shape index (κ1) is 41.1. The van der Waals surface area contributed by atoms with Crippen molar-refractivity contribution in [2.45, 2.75) is 41.5 Å². The number of rotatable bonds is 7. The Kier molecular flexibility index (Phi) is 9.77. The number of fused-ring (bicyclic) bond motifs is 6. The van der Waals surface area contributed by atoms with Gasteiger partial charge in [0.25, 0.3) is 0 Å². The molecule has 5 nitrogen and oxygen atoms in total. The molecule has 68 heavy (non-hydrogen) atoms. The molecule has 0 bridgehead atoms. The van der Waals surface area contributed by atoms with Gasteiger partial charge in [0.1, 0.15) is 11.2 Å². The summed E-state index contributed by atoms with van der Waals surface area (Å²) in [5, 5.41) is 4.51. The van der Waals surface area contributed by atoms with Crippen LogP contribution in [-0.2, 0) is 0 Å². The third-order valence-electron chi connectivity index (χ3n) is 13.6. The molecule has 0 fully saturated rings. The van der Waals surface area contributed by atoms with Crippen molar-refractivity contribution in [3.05, 3.63) is 215 Å². The smallest absolute Gasteiger partial charge is 0.166 e. The molecular weight excluding hydrogens is 829 g/mol. The largest absolute Gasteiger partial charge is 0.455 e. The molecule has 3 heterocycles. The zero-order valence-electron chi connectivity index (χ0n) is 39.0. The number of para-hydroxylation sites is 2. The van der Waals surface area contributed by atoms with E-state index in [1.807, 2.05) is 48.5 Å². The van der Waals surface area contributed by atoms with Crippen molar-refractivity contribution in [1.82, 2.24) is 19.5 Å². The van der Waals surface area contributed by atoms with E-state index in [1.165, 1.54) is 66.4 Å². The van der Waals surface area contributed by atoms with Gasteiger partial charge in [-0.2, -0.15) is 0 Å². The lowest BCUT2D eigenvalue weighted by Gasteiger charge is -2.18. The second kappa shape index (κ2) is 16.2. The van der Waals surface area contributed by atoms with E-state index in [0.717, 1.165) is 66.5 Å². The highest BCUT2D eigenvalue weighted by Crippen LogP contribution is 2.44. The second-order valence-corrected chi connectivity index (χ2v) is 18.4. The molecular formula is C63H48N4O. The maximum Gasteiger partial charge on any atom is 0.166 e. The third kappa shape index (κ3) is 6.89. The molecule has 0 aliphatic rings. The van der Waals surface area contributed by atoms with Crippen LogP contribution in [0.15, 0.2) is 186 Å². The molecule has 0 saturated heterocycles. The number of furan rings is 1. The first-order valence-corrected chi connectivity index (χ1v) is 23.3. The Morgan fingerprint density at radius 3 is 1.40 bits per heavy atom. The summed E-state index contributed by atoms with van der Waals surface area (Å²) >= 11 is 0. The average molecular weight is 877 g/mol. The quantitative estimate of drug-likeness (QED) is 0.160. The molecule has 0 aliphatic carbocycles. The number of hydrogen-bond donors (Lipinski definition) is 0. The Morgan fingerprint density at radius 1 is 0.353 bits per heavy atom. The highest BCUT2D eigenvalue weighted by molar-refractivity contribution is 6.13. The molecule has 5 heteroatoms. The number of aryl methyl sites for hydroxylation is 6. The standard InChI is InChI=1S/C63H48N4O/c1-37-30-39(3)58(40(4)31-37)46-24-27-49-50-28-25-47(59-41(5)32-38(2)33-42(59)6)36-56(50)67(55(49)35-46)54-29-26-45(48-21-15-22-52-51-20-13-14-23-57(51)68-60(48)52)34-53(54)63-65-61(43-16-9-7-10-17-43)64-62(66-63)44-18-11-8-12-19-44/h7-36H,1-6H3. The predicted molar refractivity (Wildman–Crippen MR) is 282 cm³/mol. The van der Waals surface area contributed by atoms with Crippen molar-refractivity contribution in [1.29, 1.82) is 0 Å². The summed E-state index contributed by atoms with van der Waals surface area (Å²) in [7, 11) is 0. The summed E-state index contributed by atoms with van der Waals surface area (Å²) in [4.78, 5) is 15.9. The molecule has 12 aromatic rings. The molecule has 9 aromatic carbocycles. The van der Waals surface area contributed by atoms with Crippen LogP contribution >= 0.6 is 0 Å². The lowest BCUT2D eigenvalue weighted by Crippen LogP contribution is -2.04. The van der Waals surface area contributed by atoms with Crippen molar-refractivity contribution in [3.8, 4) is 73.2 Å². The highest BCUT2D eigenvalue weighted by atomic mass is 16.3. The van der Waals surface area contributed by atoms with E-state index < -0.39 is 0 Å². The van der Waals surface area contributed by atoms with Crippen LogP contribution in [0, 0.1) is 41.5 Å². The van der Waals surface area contributed by atoms with Crippen LogP contribution in [0.5, 0.6) is 0 Å². The number of nitrogens with zero attached hydrogens (tertiary/aromatic N) is 4. The topological polar surface area (TPSA) is 56.7 Å². The monoisotopic (exact) mass is 876 g/mol. The van der Waals surface area contributed by atoms with Gasteiger partial charge in [-0.3, -0.25) is 0 Å².